The molecule has 4 amide bonds. The second-order valence-electron chi connectivity index (χ2n) is 11.0. The summed E-state index contributed by atoms with van der Waals surface area (Å²) >= 11 is 2.92. The number of fused-ring (bicyclic) bond motifs is 5. The number of para-hydroxylation sites is 4. The minimum Gasteiger partial charge on any atom is -0.495 e. The Kier molecular flexibility index (Phi) is 6.24. The molecule has 0 saturated carbocycles. The molecule has 12 heteroatoms. The summed E-state index contributed by atoms with van der Waals surface area (Å²) in [7, 11) is 3.00. The minimum absolute atomic E-state index is 0.364. The van der Waals surface area contributed by atoms with E-state index in [1.54, 1.807) is 48.5 Å². The SMILES string of the molecule is COc1ccccc1N1C(=O)C2C(C1=O)N1C(c3cccs3)C3C(=O)N(c4ccccc4OC)C(=O)C3N1C2c1cccs1. The molecule has 0 N–H and O–H groups in total. The summed E-state index contributed by atoms with van der Waals surface area (Å²) in [6, 6.07) is 18.4. The summed E-state index contributed by atoms with van der Waals surface area (Å²) in [5, 5.41) is 7.58. The fourth-order valence-corrected chi connectivity index (χ4v) is 9.15. The third-order valence-electron chi connectivity index (χ3n) is 9.05. The van der Waals surface area contributed by atoms with E-state index in [4.69, 9.17) is 9.47 Å². The number of methoxy groups -OCH3 is 2. The Morgan fingerprint density at radius 2 is 0.932 bits per heavy atom. The molecule has 222 valence electrons. The van der Waals surface area contributed by atoms with Gasteiger partial charge in [-0.05, 0) is 47.2 Å². The molecule has 6 unspecified atom stereocenters. The molecule has 4 saturated heterocycles. The van der Waals surface area contributed by atoms with Crippen LogP contribution in [-0.2, 0) is 19.2 Å². The Hall–Kier alpha value is -4.36. The first-order valence-corrected chi connectivity index (χ1v) is 15.9. The van der Waals surface area contributed by atoms with Crippen molar-refractivity contribution >= 4 is 57.7 Å². The van der Waals surface area contributed by atoms with Crippen molar-refractivity contribution in [1.82, 2.24) is 10.0 Å². The third-order valence-corrected chi connectivity index (χ3v) is 10.9. The van der Waals surface area contributed by atoms with Gasteiger partial charge in [-0.2, -0.15) is 0 Å². The van der Waals surface area contributed by atoms with Gasteiger partial charge < -0.3 is 9.47 Å². The Balaban J connectivity index is 1.31. The molecule has 8 rings (SSSR count). The van der Waals surface area contributed by atoms with E-state index in [0.29, 0.717) is 22.9 Å². The molecule has 4 aliphatic heterocycles. The van der Waals surface area contributed by atoms with Crippen LogP contribution in [0.2, 0.25) is 0 Å². The number of imide groups is 2. The molecule has 4 aliphatic rings. The first kappa shape index (κ1) is 27.2. The van der Waals surface area contributed by atoms with Crippen molar-refractivity contribution in [2.24, 2.45) is 11.8 Å². The van der Waals surface area contributed by atoms with Crippen LogP contribution in [0.25, 0.3) is 0 Å². The Morgan fingerprint density at radius 3 is 1.30 bits per heavy atom. The number of hydrogen-bond acceptors (Lipinski definition) is 10. The predicted molar refractivity (Wildman–Crippen MR) is 163 cm³/mol. The lowest BCUT2D eigenvalue weighted by Gasteiger charge is -2.35. The molecule has 0 bridgehead atoms. The zero-order chi connectivity index (χ0) is 30.3. The number of anilines is 2. The van der Waals surface area contributed by atoms with Crippen molar-refractivity contribution in [3.05, 3.63) is 93.3 Å². The number of ether oxygens (including phenoxy) is 2. The number of thiophene rings is 2. The lowest BCUT2D eigenvalue weighted by Crippen LogP contribution is -2.50. The van der Waals surface area contributed by atoms with Crippen molar-refractivity contribution < 1.29 is 28.7 Å². The number of carbonyl (C=O) groups is 4. The van der Waals surface area contributed by atoms with E-state index in [-0.39, 0.29) is 11.8 Å². The molecule has 2 aromatic carbocycles. The van der Waals surface area contributed by atoms with Crippen molar-refractivity contribution in [2.45, 2.75) is 24.2 Å². The largest absolute Gasteiger partial charge is 0.495 e. The van der Waals surface area contributed by atoms with Gasteiger partial charge in [0.05, 0.1) is 49.5 Å². The fraction of sp³-hybridized carbons (Fsp3) is 0.250. The number of hydrogen-bond donors (Lipinski definition) is 0. The van der Waals surface area contributed by atoms with Crippen molar-refractivity contribution in [1.29, 1.82) is 0 Å². The van der Waals surface area contributed by atoms with Gasteiger partial charge in [0, 0.05) is 9.75 Å². The molecule has 6 heterocycles. The van der Waals surface area contributed by atoms with Gasteiger partial charge in [-0.3, -0.25) is 19.2 Å². The number of carbonyl (C=O) groups excluding carboxylic acids is 4. The highest BCUT2D eigenvalue weighted by atomic mass is 32.1. The Labute approximate surface area is 260 Å². The van der Waals surface area contributed by atoms with Gasteiger partial charge >= 0.3 is 0 Å². The number of nitrogens with zero attached hydrogens (tertiary/aromatic N) is 4. The van der Waals surface area contributed by atoms with Crippen molar-refractivity contribution in [3.63, 3.8) is 0 Å². The molecular weight excluding hydrogens is 601 g/mol. The first-order valence-electron chi connectivity index (χ1n) is 14.1. The monoisotopic (exact) mass is 626 g/mol. The van der Waals surface area contributed by atoms with Crippen LogP contribution in [0.5, 0.6) is 11.5 Å². The average Bonchev–Trinajstić information content (AvgIpc) is 3.88. The maximum Gasteiger partial charge on any atom is 0.253 e. The average molecular weight is 627 g/mol. The van der Waals surface area contributed by atoms with Gasteiger partial charge in [-0.15, -0.1) is 22.7 Å². The van der Waals surface area contributed by atoms with Crippen LogP contribution in [0.3, 0.4) is 0 Å². The zero-order valence-corrected chi connectivity index (χ0v) is 25.2. The van der Waals surface area contributed by atoms with E-state index >= 15 is 0 Å². The van der Waals surface area contributed by atoms with Crippen LogP contribution in [-0.4, -0.2) is 59.9 Å². The molecule has 4 aromatic rings. The quantitative estimate of drug-likeness (QED) is 0.293. The van der Waals surface area contributed by atoms with E-state index in [1.807, 2.05) is 45.0 Å². The molecule has 6 atom stereocenters. The lowest BCUT2D eigenvalue weighted by molar-refractivity contribution is -0.135. The van der Waals surface area contributed by atoms with E-state index in [1.165, 1.54) is 46.7 Å². The van der Waals surface area contributed by atoms with E-state index in [2.05, 4.69) is 0 Å². The van der Waals surface area contributed by atoms with Crippen LogP contribution in [0.15, 0.2) is 83.6 Å². The van der Waals surface area contributed by atoms with Crippen LogP contribution < -0.4 is 19.3 Å². The number of amides is 4. The molecule has 0 spiro atoms. The highest BCUT2D eigenvalue weighted by Crippen LogP contribution is 2.61. The maximum atomic E-state index is 14.5. The topological polar surface area (TPSA) is 99.7 Å². The van der Waals surface area contributed by atoms with Gasteiger partial charge in [0.1, 0.15) is 23.6 Å². The molecule has 4 fully saturated rings. The van der Waals surface area contributed by atoms with E-state index < -0.39 is 47.8 Å². The zero-order valence-electron chi connectivity index (χ0n) is 23.6. The summed E-state index contributed by atoms with van der Waals surface area (Å²) in [5.41, 5.74) is 0.745. The van der Waals surface area contributed by atoms with Gasteiger partial charge in [-0.25, -0.2) is 19.8 Å². The van der Waals surface area contributed by atoms with Gasteiger partial charge in [0.25, 0.3) is 11.8 Å². The molecule has 44 heavy (non-hydrogen) atoms. The van der Waals surface area contributed by atoms with Crippen LogP contribution in [0.1, 0.15) is 21.8 Å². The summed E-state index contributed by atoms with van der Waals surface area (Å²) in [6.07, 6.45) is 0. The molecule has 2 aromatic heterocycles. The van der Waals surface area contributed by atoms with Crippen molar-refractivity contribution in [2.75, 3.05) is 24.0 Å². The smallest absolute Gasteiger partial charge is 0.253 e. The van der Waals surface area contributed by atoms with Gasteiger partial charge in [-0.1, -0.05) is 36.4 Å². The molecule has 0 radical (unpaired) electrons. The predicted octanol–water partition coefficient (Wildman–Crippen LogP) is 4.27. The van der Waals surface area contributed by atoms with E-state index in [0.717, 1.165) is 9.75 Å². The summed E-state index contributed by atoms with van der Waals surface area (Å²) in [6.45, 7) is 0. The van der Waals surface area contributed by atoms with Crippen LogP contribution >= 0.6 is 22.7 Å². The van der Waals surface area contributed by atoms with Crippen LogP contribution in [0.4, 0.5) is 11.4 Å². The first-order chi connectivity index (χ1) is 21.5. The summed E-state index contributed by atoms with van der Waals surface area (Å²) in [5.74, 6) is -2.34. The third kappa shape index (κ3) is 3.53. The second kappa shape index (κ2) is 10.1. The standard InChI is InChI=1S/C32H26N4O6S2/c1-41-19-11-5-3-9-17(19)33-29(37)23-25(21-13-7-15-43-21)36-28-24(26(22-14-8-16-44-22)35(36)27(23)31(33)39)30(38)34(32(28)40)18-10-4-6-12-20(18)42-2/h3-16,23-28H,1-2H3. The highest BCUT2D eigenvalue weighted by Gasteiger charge is 2.74. The van der Waals surface area contributed by atoms with Gasteiger partial charge in [0.15, 0.2) is 0 Å². The second-order valence-corrected chi connectivity index (χ2v) is 12.9. The fourth-order valence-electron chi connectivity index (χ4n) is 7.42. The number of rotatable bonds is 6. The molecule has 10 nitrogen and oxygen atoms in total. The van der Waals surface area contributed by atoms with Gasteiger partial charge in [0.2, 0.25) is 11.8 Å². The molecular formula is C32H26N4O6S2. The normalized spacial score (nSPS) is 28.1. The van der Waals surface area contributed by atoms with Crippen LogP contribution in [0, 0.1) is 11.8 Å². The maximum absolute atomic E-state index is 14.5. The summed E-state index contributed by atoms with van der Waals surface area (Å²) in [4.78, 5) is 61.9. The lowest BCUT2D eigenvalue weighted by atomic mass is 9.88. The highest BCUT2D eigenvalue weighted by molar-refractivity contribution is 7.10. The molecule has 0 aliphatic carbocycles. The number of hydrazine groups is 1. The Bertz CT molecular complexity index is 1680. The number of benzene rings is 2. The van der Waals surface area contributed by atoms with Crippen molar-refractivity contribution in [3.8, 4) is 11.5 Å². The van der Waals surface area contributed by atoms with E-state index in [9.17, 15) is 19.2 Å². The minimum atomic E-state index is -0.919. The Morgan fingerprint density at radius 1 is 0.523 bits per heavy atom. The summed E-state index contributed by atoms with van der Waals surface area (Å²) < 4.78 is 11.1.